The van der Waals surface area contributed by atoms with E-state index in [4.69, 9.17) is 9.47 Å². The predicted octanol–water partition coefficient (Wildman–Crippen LogP) is 3.80. The van der Waals surface area contributed by atoms with E-state index in [9.17, 15) is 13.6 Å². The van der Waals surface area contributed by atoms with Gasteiger partial charge >= 0.3 is 0 Å². The number of hydrogen-bond donors (Lipinski definition) is 0. The van der Waals surface area contributed by atoms with Crippen LogP contribution in [0.1, 0.15) is 22.3 Å². The van der Waals surface area contributed by atoms with Crippen molar-refractivity contribution in [3.63, 3.8) is 0 Å². The minimum Gasteiger partial charge on any atom is -0.493 e. The fourth-order valence-corrected chi connectivity index (χ4v) is 2.13. The van der Waals surface area contributed by atoms with Crippen molar-refractivity contribution >= 4 is 5.78 Å². The molecule has 116 valence electrons. The van der Waals surface area contributed by atoms with Crippen LogP contribution in [-0.2, 0) is 6.42 Å². The van der Waals surface area contributed by atoms with Crippen LogP contribution in [0.4, 0.5) is 8.78 Å². The molecule has 0 heterocycles. The van der Waals surface area contributed by atoms with Gasteiger partial charge in [-0.3, -0.25) is 4.79 Å². The van der Waals surface area contributed by atoms with E-state index in [0.717, 1.165) is 6.07 Å². The van der Waals surface area contributed by atoms with Crippen molar-refractivity contribution in [3.8, 4) is 11.5 Å². The number of carbonyl (C=O) groups excluding carboxylic acids is 1. The van der Waals surface area contributed by atoms with Crippen LogP contribution in [0, 0.1) is 11.6 Å². The van der Waals surface area contributed by atoms with E-state index in [1.165, 1.54) is 26.4 Å². The minimum absolute atomic E-state index is 0.123. The molecule has 0 aliphatic carbocycles. The van der Waals surface area contributed by atoms with Gasteiger partial charge in [-0.05, 0) is 36.2 Å². The number of hydrogen-bond acceptors (Lipinski definition) is 3. The Bertz CT molecular complexity index is 684. The molecule has 2 aromatic rings. The lowest BCUT2D eigenvalue weighted by molar-refractivity contribution is 0.0982. The number of ether oxygens (including phenoxy) is 2. The van der Waals surface area contributed by atoms with E-state index in [0.29, 0.717) is 22.6 Å². The molecule has 0 N–H and O–H groups in total. The second kappa shape index (κ2) is 7.02. The highest BCUT2D eigenvalue weighted by Crippen LogP contribution is 2.28. The summed E-state index contributed by atoms with van der Waals surface area (Å²) in [5.74, 6) is -0.429. The number of rotatable bonds is 6. The summed E-state index contributed by atoms with van der Waals surface area (Å²) >= 11 is 0. The van der Waals surface area contributed by atoms with E-state index in [-0.39, 0.29) is 18.6 Å². The highest BCUT2D eigenvalue weighted by Gasteiger charge is 2.12. The molecule has 0 atom stereocenters. The van der Waals surface area contributed by atoms with Crippen LogP contribution in [0.15, 0.2) is 36.4 Å². The van der Waals surface area contributed by atoms with Crippen LogP contribution in [0.25, 0.3) is 0 Å². The molecule has 0 spiro atoms. The van der Waals surface area contributed by atoms with Crippen LogP contribution in [0.3, 0.4) is 0 Å². The lowest BCUT2D eigenvalue weighted by Crippen LogP contribution is -2.03. The van der Waals surface area contributed by atoms with Crippen LogP contribution in [0.5, 0.6) is 11.5 Å². The standard InChI is InChI=1S/C17H16F2O3/c1-21-16-8-5-12(9-17(16)22-2)15(20)7-4-11-3-6-13(18)10-14(11)19/h3,5-6,8-10H,4,7H2,1-2H3. The van der Waals surface area contributed by atoms with Gasteiger partial charge < -0.3 is 9.47 Å². The van der Waals surface area contributed by atoms with Crippen LogP contribution in [-0.4, -0.2) is 20.0 Å². The first kappa shape index (κ1) is 15.9. The molecule has 22 heavy (non-hydrogen) atoms. The molecule has 3 nitrogen and oxygen atoms in total. The molecular formula is C17H16F2O3. The van der Waals surface area contributed by atoms with E-state index in [1.54, 1.807) is 18.2 Å². The van der Waals surface area contributed by atoms with Crippen LogP contribution < -0.4 is 9.47 Å². The number of aryl methyl sites for hydroxylation is 1. The summed E-state index contributed by atoms with van der Waals surface area (Å²) in [6.45, 7) is 0. The Balaban J connectivity index is 2.09. The van der Waals surface area contributed by atoms with Gasteiger partial charge in [0.25, 0.3) is 0 Å². The number of halogens is 2. The fraction of sp³-hybridized carbons (Fsp3) is 0.235. The first-order valence-corrected chi connectivity index (χ1v) is 6.74. The van der Waals surface area contributed by atoms with Crippen LogP contribution >= 0.6 is 0 Å². The summed E-state index contributed by atoms with van der Waals surface area (Å²) in [7, 11) is 3.00. The van der Waals surface area contributed by atoms with Crippen molar-refractivity contribution in [1.29, 1.82) is 0 Å². The number of Topliss-reactive ketones (excluding diaryl/α,β-unsaturated/α-hetero) is 1. The molecule has 5 heteroatoms. The Labute approximate surface area is 127 Å². The second-order valence-electron chi connectivity index (χ2n) is 4.73. The van der Waals surface area contributed by atoms with Crippen molar-refractivity contribution in [1.82, 2.24) is 0 Å². The summed E-state index contributed by atoms with van der Waals surface area (Å²) in [6, 6.07) is 8.21. The van der Waals surface area contributed by atoms with Gasteiger partial charge in [0.2, 0.25) is 0 Å². The monoisotopic (exact) mass is 306 g/mol. The molecule has 0 unspecified atom stereocenters. The molecule has 2 aromatic carbocycles. The summed E-state index contributed by atoms with van der Waals surface area (Å²) < 4.78 is 36.6. The third kappa shape index (κ3) is 3.61. The summed E-state index contributed by atoms with van der Waals surface area (Å²) in [6.07, 6.45) is 0.331. The van der Waals surface area contributed by atoms with Gasteiger partial charge in [0.1, 0.15) is 11.6 Å². The highest BCUT2D eigenvalue weighted by atomic mass is 19.1. The normalized spacial score (nSPS) is 10.4. The highest BCUT2D eigenvalue weighted by molar-refractivity contribution is 5.96. The lowest BCUT2D eigenvalue weighted by Gasteiger charge is -2.09. The molecule has 0 saturated carbocycles. The quantitative estimate of drug-likeness (QED) is 0.762. The van der Waals surface area contributed by atoms with Crippen molar-refractivity contribution in [2.45, 2.75) is 12.8 Å². The Morgan fingerprint density at radius 1 is 1.00 bits per heavy atom. The van der Waals surface area contributed by atoms with Gasteiger partial charge in [0.15, 0.2) is 17.3 Å². The first-order chi connectivity index (χ1) is 10.5. The van der Waals surface area contributed by atoms with Crippen molar-refractivity contribution in [2.24, 2.45) is 0 Å². The van der Waals surface area contributed by atoms with Gasteiger partial charge in [-0.15, -0.1) is 0 Å². The average Bonchev–Trinajstić information content (AvgIpc) is 2.53. The second-order valence-corrected chi connectivity index (χ2v) is 4.73. The maximum Gasteiger partial charge on any atom is 0.163 e. The fourth-order valence-electron chi connectivity index (χ4n) is 2.13. The number of methoxy groups -OCH3 is 2. The zero-order valence-electron chi connectivity index (χ0n) is 12.4. The molecule has 0 saturated heterocycles. The Morgan fingerprint density at radius 3 is 2.36 bits per heavy atom. The SMILES string of the molecule is COc1ccc(C(=O)CCc2ccc(F)cc2F)cc1OC. The molecule has 0 aliphatic heterocycles. The average molecular weight is 306 g/mol. The van der Waals surface area contributed by atoms with Gasteiger partial charge in [-0.1, -0.05) is 6.07 Å². The van der Waals surface area contributed by atoms with E-state index in [2.05, 4.69) is 0 Å². The Hall–Kier alpha value is -2.43. The topological polar surface area (TPSA) is 35.5 Å². The van der Waals surface area contributed by atoms with Gasteiger partial charge in [0, 0.05) is 18.1 Å². The molecule has 0 radical (unpaired) electrons. The largest absolute Gasteiger partial charge is 0.493 e. The van der Waals surface area contributed by atoms with E-state index < -0.39 is 11.6 Å². The minimum atomic E-state index is -0.639. The van der Waals surface area contributed by atoms with Gasteiger partial charge in [0.05, 0.1) is 14.2 Å². The smallest absolute Gasteiger partial charge is 0.163 e. The maximum absolute atomic E-state index is 13.5. The number of benzene rings is 2. The summed E-state index contributed by atoms with van der Waals surface area (Å²) in [5.41, 5.74) is 0.774. The third-order valence-corrected chi connectivity index (χ3v) is 3.34. The molecule has 0 aromatic heterocycles. The Kier molecular flexibility index (Phi) is 5.09. The zero-order valence-corrected chi connectivity index (χ0v) is 12.4. The van der Waals surface area contributed by atoms with E-state index in [1.807, 2.05) is 0 Å². The third-order valence-electron chi connectivity index (χ3n) is 3.34. The van der Waals surface area contributed by atoms with Gasteiger partial charge in [-0.25, -0.2) is 8.78 Å². The lowest BCUT2D eigenvalue weighted by atomic mass is 10.0. The molecule has 0 bridgehead atoms. The van der Waals surface area contributed by atoms with Crippen LogP contribution in [0.2, 0.25) is 0 Å². The molecule has 0 aliphatic rings. The molecule has 2 rings (SSSR count). The van der Waals surface area contributed by atoms with Crippen molar-refractivity contribution < 1.29 is 23.0 Å². The first-order valence-electron chi connectivity index (χ1n) is 6.74. The summed E-state index contributed by atoms with van der Waals surface area (Å²) in [4.78, 5) is 12.2. The zero-order chi connectivity index (χ0) is 16.1. The van der Waals surface area contributed by atoms with Crippen molar-refractivity contribution in [3.05, 3.63) is 59.2 Å². The molecule has 0 amide bonds. The molecular weight excluding hydrogens is 290 g/mol. The summed E-state index contributed by atoms with van der Waals surface area (Å²) in [5, 5.41) is 0. The predicted molar refractivity (Wildman–Crippen MR) is 78.6 cm³/mol. The maximum atomic E-state index is 13.5. The number of ketones is 1. The van der Waals surface area contributed by atoms with Gasteiger partial charge in [-0.2, -0.15) is 0 Å². The molecule has 0 fully saturated rings. The van der Waals surface area contributed by atoms with E-state index >= 15 is 0 Å². The Morgan fingerprint density at radius 2 is 1.73 bits per heavy atom. The number of carbonyl (C=O) groups is 1. The van der Waals surface area contributed by atoms with Crippen molar-refractivity contribution in [2.75, 3.05) is 14.2 Å².